The molecule has 3 rings (SSSR count). The van der Waals surface area contributed by atoms with Crippen molar-refractivity contribution in [2.24, 2.45) is 5.10 Å². The lowest BCUT2D eigenvalue weighted by atomic mass is 10.1. The van der Waals surface area contributed by atoms with E-state index in [1.807, 2.05) is 25.1 Å². The van der Waals surface area contributed by atoms with Crippen molar-refractivity contribution in [2.75, 3.05) is 5.32 Å². The molecule has 0 spiro atoms. The second-order valence-corrected chi connectivity index (χ2v) is 7.03. The first-order chi connectivity index (χ1) is 15.9. The number of rotatable bonds is 5. The van der Waals surface area contributed by atoms with Gasteiger partial charge in [0, 0.05) is 11.3 Å². The number of aryl methyl sites for hydroxylation is 1. The standard InChI is InChI=1S/C25H20N4O4/c1-16-7-11-19(12-8-16)25(32)33-22-6-4-3-5-21(22)17(2)28-29-24(31)23(30)27-20-13-9-18(15-26)10-14-20/h3-14H,1-2H3,(H,27,30)(H,29,31)/b28-17+. The lowest BCUT2D eigenvalue weighted by molar-refractivity contribution is -0.136. The maximum Gasteiger partial charge on any atom is 0.343 e. The number of esters is 1. The summed E-state index contributed by atoms with van der Waals surface area (Å²) < 4.78 is 5.51. The quantitative estimate of drug-likeness (QED) is 0.207. The summed E-state index contributed by atoms with van der Waals surface area (Å²) in [4.78, 5) is 36.7. The zero-order chi connectivity index (χ0) is 23.8. The maximum atomic E-state index is 12.5. The summed E-state index contributed by atoms with van der Waals surface area (Å²) in [7, 11) is 0. The smallest absolute Gasteiger partial charge is 0.343 e. The molecule has 2 N–H and O–H groups in total. The molecule has 0 aliphatic rings. The van der Waals surface area contributed by atoms with E-state index in [1.165, 1.54) is 24.3 Å². The molecule has 0 bridgehead atoms. The average molecular weight is 440 g/mol. The Labute approximate surface area is 190 Å². The molecule has 3 aromatic carbocycles. The zero-order valence-corrected chi connectivity index (χ0v) is 18.0. The van der Waals surface area contributed by atoms with Crippen LogP contribution in [0.2, 0.25) is 0 Å². The first-order valence-electron chi connectivity index (χ1n) is 9.91. The van der Waals surface area contributed by atoms with Crippen molar-refractivity contribution < 1.29 is 19.1 Å². The average Bonchev–Trinajstić information content (AvgIpc) is 2.83. The van der Waals surface area contributed by atoms with Gasteiger partial charge in [0.1, 0.15) is 5.75 Å². The van der Waals surface area contributed by atoms with Gasteiger partial charge in [0.2, 0.25) is 0 Å². The van der Waals surface area contributed by atoms with E-state index in [2.05, 4.69) is 15.8 Å². The van der Waals surface area contributed by atoms with Crippen LogP contribution in [0.4, 0.5) is 5.69 Å². The molecular formula is C25H20N4O4. The number of nitrogens with zero attached hydrogens (tertiary/aromatic N) is 2. The molecule has 3 aromatic rings. The minimum Gasteiger partial charge on any atom is -0.422 e. The molecule has 0 fully saturated rings. The number of nitriles is 1. The summed E-state index contributed by atoms with van der Waals surface area (Å²) >= 11 is 0. The van der Waals surface area contributed by atoms with Crippen LogP contribution in [0, 0.1) is 18.3 Å². The Balaban J connectivity index is 1.66. The summed E-state index contributed by atoms with van der Waals surface area (Å²) in [5, 5.41) is 15.2. The molecule has 2 amide bonds. The molecule has 0 atom stereocenters. The van der Waals surface area contributed by atoms with E-state index in [1.54, 1.807) is 43.3 Å². The minimum atomic E-state index is -0.979. The number of anilines is 1. The number of carbonyl (C=O) groups excluding carboxylic acids is 3. The van der Waals surface area contributed by atoms with E-state index in [0.29, 0.717) is 28.1 Å². The monoisotopic (exact) mass is 440 g/mol. The van der Waals surface area contributed by atoms with Gasteiger partial charge in [-0.25, -0.2) is 10.2 Å². The Morgan fingerprint density at radius 1 is 0.909 bits per heavy atom. The van der Waals surface area contributed by atoms with E-state index in [4.69, 9.17) is 10.00 Å². The number of nitrogens with one attached hydrogen (secondary N) is 2. The molecule has 0 aliphatic carbocycles. The van der Waals surface area contributed by atoms with Gasteiger partial charge in [-0.3, -0.25) is 9.59 Å². The molecule has 0 aliphatic heterocycles. The van der Waals surface area contributed by atoms with Gasteiger partial charge in [0.25, 0.3) is 0 Å². The molecular weight excluding hydrogens is 420 g/mol. The topological polar surface area (TPSA) is 121 Å². The van der Waals surface area contributed by atoms with Gasteiger partial charge in [0.15, 0.2) is 0 Å². The number of para-hydroxylation sites is 1. The second kappa shape index (κ2) is 10.5. The molecule has 164 valence electrons. The predicted octanol–water partition coefficient (Wildman–Crippen LogP) is 3.56. The summed E-state index contributed by atoms with van der Waals surface area (Å²) in [5.41, 5.74) is 5.22. The van der Waals surface area contributed by atoms with Crippen LogP contribution in [0.1, 0.15) is 34.0 Å². The first-order valence-corrected chi connectivity index (χ1v) is 9.91. The van der Waals surface area contributed by atoms with Crippen LogP contribution in [-0.2, 0) is 9.59 Å². The molecule has 0 unspecified atom stereocenters. The summed E-state index contributed by atoms with van der Waals surface area (Å²) in [6.45, 7) is 3.53. The molecule has 33 heavy (non-hydrogen) atoms. The third-order valence-corrected chi connectivity index (χ3v) is 4.57. The van der Waals surface area contributed by atoms with Gasteiger partial charge in [-0.05, 0) is 62.4 Å². The van der Waals surface area contributed by atoms with E-state index in [0.717, 1.165) is 5.56 Å². The Hall–Kier alpha value is -4.77. The summed E-state index contributed by atoms with van der Waals surface area (Å²) in [6.07, 6.45) is 0. The number of hydrazone groups is 1. The Bertz CT molecular complexity index is 1260. The largest absolute Gasteiger partial charge is 0.422 e. The molecule has 0 aromatic heterocycles. The van der Waals surface area contributed by atoms with Crippen molar-refractivity contribution in [3.8, 4) is 11.8 Å². The van der Waals surface area contributed by atoms with Gasteiger partial charge >= 0.3 is 17.8 Å². The van der Waals surface area contributed by atoms with Crippen LogP contribution in [0.25, 0.3) is 0 Å². The highest BCUT2D eigenvalue weighted by atomic mass is 16.5. The molecule has 0 radical (unpaired) electrons. The van der Waals surface area contributed by atoms with Gasteiger partial charge in [-0.2, -0.15) is 10.4 Å². The van der Waals surface area contributed by atoms with Gasteiger partial charge in [0.05, 0.1) is 22.9 Å². The lowest BCUT2D eigenvalue weighted by Gasteiger charge is -2.10. The molecule has 0 saturated heterocycles. The van der Waals surface area contributed by atoms with Crippen molar-refractivity contribution >= 4 is 29.2 Å². The predicted molar refractivity (Wildman–Crippen MR) is 123 cm³/mol. The van der Waals surface area contributed by atoms with Gasteiger partial charge < -0.3 is 10.1 Å². The fourth-order valence-corrected chi connectivity index (χ4v) is 2.76. The Morgan fingerprint density at radius 3 is 2.24 bits per heavy atom. The Kier molecular flexibility index (Phi) is 7.29. The lowest BCUT2D eigenvalue weighted by Crippen LogP contribution is -2.33. The number of amides is 2. The van der Waals surface area contributed by atoms with Gasteiger partial charge in [-0.1, -0.05) is 29.8 Å². The third-order valence-electron chi connectivity index (χ3n) is 4.57. The first kappa shape index (κ1) is 22.9. The normalized spacial score (nSPS) is 10.6. The Morgan fingerprint density at radius 2 is 1.58 bits per heavy atom. The van der Waals surface area contributed by atoms with Crippen LogP contribution in [0.15, 0.2) is 77.9 Å². The van der Waals surface area contributed by atoms with Crippen molar-refractivity contribution in [1.82, 2.24) is 5.43 Å². The number of hydrogen-bond acceptors (Lipinski definition) is 6. The fourth-order valence-electron chi connectivity index (χ4n) is 2.76. The van der Waals surface area contributed by atoms with Crippen molar-refractivity contribution in [2.45, 2.75) is 13.8 Å². The number of benzene rings is 3. The van der Waals surface area contributed by atoms with E-state index >= 15 is 0 Å². The van der Waals surface area contributed by atoms with E-state index < -0.39 is 17.8 Å². The molecule has 8 nitrogen and oxygen atoms in total. The van der Waals surface area contributed by atoms with Crippen molar-refractivity contribution in [3.05, 3.63) is 95.1 Å². The van der Waals surface area contributed by atoms with Crippen LogP contribution in [-0.4, -0.2) is 23.5 Å². The third kappa shape index (κ3) is 6.12. The molecule has 0 saturated carbocycles. The number of carbonyl (C=O) groups is 3. The summed E-state index contributed by atoms with van der Waals surface area (Å²) in [6, 6.07) is 21.7. The van der Waals surface area contributed by atoms with Crippen molar-refractivity contribution in [3.63, 3.8) is 0 Å². The van der Waals surface area contributed by atoms with E-state index in [-0.39, 0.29) is 5.75 Å². The second-order valence-electron chi connectivity index (χ2n) is 7.03. The number of hydrogen-bond donors (Lipinski definition) is 2. The highest BCUT2D eigenvalue weighted by Gasteiger charge is 2.16. The number of ether oxygens (including phenoxy) is 1. The van der Waals surface area contributed by atoms with Gasteiger partial charge in [-0.15, -0.1) is 0 Å². The maximum absolute atomic E-state index is 12.5. The van der Waals surface area contributed by atoms with Crippen molar-refractivity contribution in [1.29, 1.82) is 5.26 Å². The van der Waals surface area contributed by atoms with Crippen LogP contribution in [0.5, 0.6) is 5.75 Å². The molecule has 8 heteroatoms. The highest BCUT2D eigenvalue weighted by Crippen LogP contribution is 2.20. The van der Waals surface area contributed by atoms with Crippen LogP contribution >= 0.6 is 0 Å². The molecule has 0 heterocycles. The minimum absolute atomic E-state index is 0.264. The van der Waals surface area contributed by atoms with Crippen LogP contribution in [0.3, 0.4) is 0 Å². The fraction of sp³-hybridized carbons (Fsp3) is 0.0800. The summed E-state index contributed by atoms with van der Waals surface area (Å²) in [5.74, 6) is -2.16. The SMILES string of the molecule is C/C(=N\NC(=O)C(=O)Nc1ccc(C#N)cc1)c1ccccc1OC(=O)c1ccc(C)cc1. The van der Waals surface area contributed by atoms with E-state index in [9.17, 15) is 14.4 Å². The zero-order valence-electron chi connectivity index (χ0n) is 18.0. The highest BCUT2D eigenvalue weighted by molar-refractivity contribution is 6.39. The van der Waals surface area contributed by atoms with Crippen LogP contribution < -0.4 is 15.5 Å².